The van der Waals surface area contributed by atoms with Gasteiger partial charge in [-0.25, -0.2) is 9.98 Å². The van der Waals surface area contributed by atoms with Crippen molar-refractivity contribution in [2.24, 2.45) is 4.99 Å². The van der Waals surface area contributed by atoms with Gasteiger partial charge in [0.1, 0.15) is 5.75 Å². The number of ether oxygens (including phenoxy) is 1. The second-order valence-corrected chi connectivity index (χ2v) is 7.14. The molecule has 0 amide bonds. The van der Waals surface area contributed by atoms with Gasteiger partial charge in [-0.05, 0) is 39.0 Å². The van der Waals surface area contributed by atoms with E-state index in [1.807, 2.05) is 20.8 Å². The van der Waals surface area contributed by atoms with Gasteiger partial charge in [0, 0.05) is 22.0 Å². The first-order chi connectivity index (χ1) is 12.4. The number of hydrogen-bond acceptors (Lipinski definition) is 4. The topological polar surface area (TPSA) is 58.5 Å². The molecule has 0 radical (unpaired) electrons. The molecule has 26 heavy (non-hydrogen) atoms. The number of nitrogens with one attached hydrogen (secondary N) is 2. The molecule has 0 aliphatic carbocycles. The highest BCUT2D eigenvalue weighted by atomic mass is 35.5. The van der Waals surface area contributed by atoms with Crippen molar-refractivity contribution < 1.29 is 13.5 Å². The van der Waals surface area contributed by atoms with Crippen molar-refractivity contribution in [3.8, 4) is 5.75 Å². The zero-order valence-electron chi connectivity index (χ0n) is 14.8. The van der Waals surface area contributed by atoms with Crippen LogP contribution >= 0.6 is 22.9 Å². The van der Waals surface area contributed by atoms with Gasteiger partial charge in [0.05, 0.1) is 23.8 Å². The number of benzene rings is 1. The molecular formula is C17H21ClF2N4OS. The Morgan fingerprint density at radius 1 is 1.35 bits per heavy atom. The van der Waals surface area contributed by atoms with Crippen LogP contribution in [0.2, 0.25) is 5.02 Å². The molecule has 0 bridgehead atoms. The van der Waals surface area contributed by atoms with Crippen molar-refractivity contribution in [2.45, 2.75) is 40.5 Å². The van der Waals surface area contributed by atoms with Crippen LogP contribution in [0, 0.1) is 13.8 Å². The third-order valence-electron chi connectivity index (χ3n) is 3.41. The number of alkyl halides is 2. The molecule has 0 aliphatic heterocycles. The lowest BCUT2D eigenvalue weighted by atomic mass is 10.2. The van der Waals surface area contributed by atoms with Crippen LogP contribution in [0.4, 0.5) is 8.78 Å². The van der Waals surface area contributed by atoms with E-state index in [1.54, 1.807) is 17.4 Å². The molecule has 1 aromatic carbocycles. The Bertz CT molecular complexity index is 767. The average Bonchev–Trinajstić information content (AvgIpc) is 2.89. The fourth-order valence-corrected chi connectivity index (χ4v) is 3.36. The Kier molecular flexibility index (Phi) is 7.59. The molecule has 0 aliphatic rings. The predicted molar refractivity (Wildman–Crippen MR) is 101 cm³/mol. The zero-order chi connectivity index (χ0) is 19.1. The summed E-state index contributed by atoms with van der Waals surface area (Å²) in [5, 5.41) is 7.79. The highest BCUT2D eigenvalue weighted by Gasteiger charge is 2.11. The van der Waals surface area contributed by atoms with Crippen molar-refractivity contribution >= 4 is 28.9 Å². The molecule has 2 N–H and O–H groups in total. The van der Waals surface area contributed by atoms with Crippen LogP contribution in [-0.2, 0) is 13.1 Å². The minimum atomic E-state index is -2.90. The Labute approximate surface area is 160 Å². The molecule has 0 saturated carbocycles. The Hall–Kier alpha value is -1.93. The first-order valence-electron chi connectivity index (χ1n) is 8.07. The number of guanidine groups is 1. The Morgan fingerprint density at radius 2 is 2.12 bits per heavy atom. The van der Waals surface area contributed by atoms with Crippen molar-refractivity contribution in [1.82, 2.24) is 15.6 Å². The number of hydrogen-bond donors (Lipinski definition) is 2. The largest absolute Gasteiger partial charge is 0.434 e. The van der Waals surface area contributed by atoms with Gasteiger partial charge in [-0.1, -0.05) is 11.6 Å². The van der Waals surface area contributed by atoms with E-state index >= 15 is 0 Å². The summed E-state index contributed by atoms with van der Waals surface area (Å²) in [6.07, 6.45) is 0. The highest BCUT2D eigenvalue weighted by molar-refractivity contribution is 7.11. The molecule has 0 saturated heterocycles. The Morgan fingerprint density at radius 3 is 2.73 bits per heavy atom. The van der Waals surface area contributed by atoms with E-state index in [0.717, 1.165) is 15.6 Å². The third kappa shape index (κ3) is 6.10. The molecule has 1 aromatic heterocycles. The van der Waals surface area contributed by atoms with Crippen LogP contribution < -0.4 is 15.4 Å². The fraction of sp³-hybridized carbons (Fsp3) is 0.412. The summed E-state index contributed by atoms with van der Waals surface area (Å²) in [6.45, 7) is 4.38. The number of thiazole rings is 1. The van der Waals surface area contributed by atoms with Crippen molar-refractivity contribution in [2.75, 3.05) is 6.54 Å². The summed E-state index contributed by atoms with van der Waals surface area (Å²) in [7, 11) is 0. The van der Waals surface area contributed by atoms with Gasteiger partial charge in [-0.2, -0.15) is 8.78 Å². The molecule has 0 atom stereocenters. The summed E-state index contributed by atoms with van der Waals surface area (Å²) in [5.41, 5.74) is 1.47. The SMILES string of the molecule is CCNC(=NCc1cc(Cl)ccc1OC(F)F)NCc1sc(C)nc1C. The number of aliphatic imine (C=N–C) groups is 1. The van der Waals surface area contributed by atoms with Crippen LogP contribution in [0.15, 0.2) is 23.2 Å². The maximum absolute atomic E-state index is 12.5. The van der Waals surface area contributed by atoms with Gasteiger partial charge >= 0.3 is 6.61 Å². The maximum atomic E-state index is 12.5. The predicted octanol–water partition coefficient (Wildman–Crippen LogP) is 4.27. The lowest BCUT2D eigenvalue weighted by Gasteiger charge is -2.13. The van der Waals surface area contributed by atoms with Crippen molar-refractivity contribution in [1.29, 1.82) is 0 Å². The minimum Gasteiger partial charge on any atom is -0.434 e. The summed E-state index contributed by atoms with van der Waals surface area (Å²) in [5.74, 6) is 0.638. The van der Waals surface area contributed by atoms with Crippen molar-refractivity contribution in [3.63, 3.8) is 0 Å². The lowest BCUT2D eigenvalue weighted by Crippen LogP contribution is -2.36. The smallest absolute Gasteiger partial charge is 0.387 e. The van der Waals surface area contributed by atoms with Gasteiger partial charge in [-0.15, -0.1) is 11.3 Å². The van der Waals surface area contributed by atoms with Gasteiger partial charge in [0.15, 0.2) is 5.96 Å². The molecule has 1 heterocycles. The van der Waals surface area contributed by atoms with Crippen LogP contribution in [-0.4, -0.2) is 24.1 Å². The van der Waals surface area contributed by atoms with Gasteiger partial charge in [0.2, 0.25) is 0 Å². The number of aryl methyl sites for hydroxylation is 2. The molecule has 9 heteroatoms. The molecule has 2 aromatic rings. The van der Waals surface area contributed by atoms with Crippen LogP contribution in [0.1, 0.15) is 28.1 Å². The van der Waals surface area contributed by atoms with E-state index in [9.17, 15) is 8.78 Å². The number of rotatable bonds is 7. The quantitative estimate of drug-likeness (QED) is 0.536. The second kappa shape index (κ2) is 9.68. The molecule has 0 unspecified atom stereocenters. The van der Waals surface area contributed by atoms with E-state index in [-0.39, 0.29) is 12.3 Å². The number of halogens is 3. The van der Waals surface area contributed by atoms with Crippen LogP contribution in [0.25, 0.3) is 0 Å². The normalized spacial score (nSPS) is 11.7. The Balaban J connectivity index is 2.11. The van der Waals surface area contributed by atoms with Gasteiger partial charge in [-0.3, -0.25) is 0 Å². The van der Waals surface area contributed by atoms with E-state index < -0.39 is 6.61 Å². The summed E-state index contributed by atoms with van der Waals surface area (Å²) in [6, 6.07) is 4.50. The molecule has 142 valence electrons. The number of aromatic nitrogens is 1. The summed E-state index contributed by atoms with van der Waals surface area (Å²) >= 11 is 7.59. The second-order valence-electron chi connectivity index (χ2n) is 5.42. The number of nitrogens with zero attached hydrogens (tertiary/aromatic N) is 2. The molecule has 0 fully saturated rings. The van der Waals surface area contributed by atoms with E-state index in [1.165, 1.54) is 12.1 Å². The van der Waals surface area contributed by atoms with E-state index in [4.69, 9.17) is 11.6 Å². The van der Waals surface area contributed by atoms with Gasteiger partial charge in [0.25, 0.3) is 0 Å². The lowest BCUT2D eigenvalue weighted by molar-refractivity contribution is -0.0504. The maximum Gasteiger partial charge on any atom is 0.387 e. The molecule has 0 spiro atoms. The van der Waals surface area contributed by atoms with E-state index in [2.05, 4.69) is 25.3 Å². The minimum absolute atomic E-state index is 0.0675. The standard InChI is InChI=1S/C17H21ClF2N4OS/c1-4-21-17(23-9-15-10(2)24-11(3)26-15)22-8-12-7-13(18)5-6-14(12)25-16(19)20/h5-7,16H,4,8-9H2,1-3H3,(H2,21,22,23). The van der Waals surface area contributed by atoms with Crippen molar-refractivity contribution in [3.05, 3.63) is 44.4 Å². The molecular weight excluding hydrogens is 382 g/mol. The summed E-state index contributed by atoms with van der Waals surface area (Å²) in [4.78, 5) is 9.96. The highest BCUT2D eigenvalue weighted by Crippen LogP contribution is 2.25. The van der Waals surface area contributed by atoms with Gasteiger partial charge < -0.3 is 15.4 Å². The summed E-state index contributed by atoms with van der Waals surface area (Å²) < 4.78 is 29.6. The average molecular weight is 403 g/mol. The first kappa shape index (κ1) is 20.4. The van der Waals surface area contributed by atoms with E-state index in [0.29, 0.717) is 29.6 Å². The first-order valence-corrected chi connectivity index (χ1v) is 9.26. The zero-order valence-corrected chi connectivity index (χ0v) is 16.3. The van der Waals surface area contributed by atoms with Crippen LogP contribution in [0.5, 0.6) is 5.75 Å². The molecule has 2 rings (SSSR count). The fourth-order valence-electron chi connectivity index (χ4n) is 2.29. The monoisotopic (exact) mass is 402 g/mol. The molecule has 5 nitrogen and oxygen atoms in total. The third-order valence-corrected chi connectivity index (χ3v) is 4.71. The van der Waals surface area contributed by atoms with Crippen LogP contribution in [0.3, 0.4) is 0 Å².